The molecular formula is C8H7F3O3. The Balaban J connectivity index is 3.07. The van der Waals surface area contributed by atoms with E-state index in [9.17, 15) is 18.0 Å². The van der Waals surface area contributed by atoms with Crippen molar-refractivity contribution < 1.29 is 28.2 Å². The van der Waals surface area contributed by atoms with E-state index in [0.29, 0.717) is 6.08 Å². The van der Waals surface area contributed by atoms with Crippen molar-refractivity contribution in [3.8, 4) is 0 Å². The second-order valence-corrected chi connectivity index (χ2v) is 2.83. The standard InChI is InChI=1S/C8H7F3O3/c9-8(10,11)4-1-2-6(12)5(3-4)7(13)14/h3,12H,1-2H2,(H,13,14). The molecule has 1 rings (SSSR count). The van der Waals surface area contributed by atoms with Gasteiger partial charge in [0.15, 0.2) is 0 Å². The highest BCUT2D eigenvalue weighted by Crippen LogP contribution is 2.34. The molecule has 0 radical (unpaired) electrons. The Hall–Kier alpha value is -1.46. The van der Waals surface area contributed by atoms with Crippen molar-refractivity contribution in [2.24, 2.45) is 0 Å². The fraction of sp³-hybridized carbons (Fsp3) is 0.375. The summed E-state index contributed by atoms with van der Waals surface area (Å²) in [4.78, 5) is 10.4. The first-order valence-electron chi connectivity index (χ1n) is 3.75. The highest BCUT2D eigenvalue weighted by atomic mass is 19.4. The molecule has 0 aromatic rings. The number of aliphatic hydroxyl groups is 1. The van der Waals surface area contributed by atoms with Crippen LogP contribution in [0.1, 0.15) is 12.8 Å². The summed E-state index contributed by atoms with van der Waals surface area (Å²) in [5, 5.41) is 17.5. The number of carboxylic acids is 1. The van der Waals surface area contributed by atoms with Gasteiger partial charge in [-0.25, -0.2) is 4.79 Å². The smallest absolute Gasteiger partial charge is 0.412 e. The minimum atomic E-state index is -4.53. The van der Waals surface area contributed by atoms with E-state index in [1.807, 2.05) is 0 Å². The molecule has 0 aromatic heterocycles. The van der Waals surface area contributed by atoms with Gasteiger partial charge < -0.3 is 10.2 Å². The first kappa shape index (κ1) is 10.6. The van der Waals surface area contributed by atoms with Crippen LogP contribution in [0.25, 0.3) is 0 Å². The predicted octanol–water partition coefficient (Wildman–Crippen LogP) is 2.17. The third-order valence-corrected chi connectivity index (χ3v) is 1.86. The van der Waals surface area contributed by atoms with Crippen LogP contribution < -0.4 is 0 Å². The van der Waals surface area contributed by atoms with Gasteiger partial charge in [0.1, 0.15) is 5.76 Å². The highest BCUT2D eigenvalue weighted by molar-refractivity contribution is 5.91. The third kappa shape index (κ3) is 2.07. The molecular weight excluding hydrogens is 201 g/mol. The summed E-state index contributed by atoms with van der Waals surface area (Å²) in [6.45, 7) is 0. The van der Waals surface area contributed by atoms with Gasteiger partial charge in [-0.1, -0.05) is 0 Å². The molecule has 1 aliphatic rings. The maximum absolute atomic E-state index is 12.1. The molecule has 0 atom stereocenters. The molecule has 78 valence electrons. The van der Waals surface area contributed by atoms with E-state index in [1.165, 1.54) is 0 Å². The lowest BCUT2D eigenvalue weighted by Gasteiger charge is -2.16. The molecule has 3 nitrogen and oxygen atoms in total. The van der Waals surface area contributed by atoms with Crippen molar-refractivity contribution in [1.82, 2.24) is 0 Å². The number of allylic oxidation sites excluding steroid dienone is 2. The molecule has 0 aromatic carbocycles. The van der Waals surface area contributed by atoms with Gasteiger partial charge in [0.2, 0.25) is 0 Å². The highest BCUT2D eigenvalue weighted by Gasteiger charge is 2.36. The maximum Gasteiger partial charge on any atom is 0.412 e. The molecule has 2 N–H and O–H groups in total. The number of carbonyl (C=O) groups is 1. The summed E-state index contributed by atoms with van der Waals surface area (Å²) in [7, 11) is 0. The minimum absolute atomic E-state index is 0.285. The van der Waals surface area contributed by atoms with E-state index in [4.69, 9.17) is 10.2 Å². The van der Waals surface area contributed by atoms with Gasteiger partial charge in [0.25, 0.3) is 0 Å². The monoisotopic (exact) mass is 208 g/mol. The Morgan fingerprint density at radius 1 is 1.36 bits per heavy atom. The number of rotatable bonds is 1. The zero-order valence-electron chi connectivity index (χ0n) is 6.93. The van der Waals surface area contributed by atoms with Gasteiger partial charge >= 0.3 is 12.1 Å². The van der Waals surface area contributed by atoms with E-state index in [0.717, 1.165) is 0 Å². The summed E-state index contributed by atoms with van der Waals surface area (Å²) < 4.78 is 36.4. The zero-order chi connectivity index (χ0) is 10.9. The van der Waals surface area contributed by atoms with Crippen molar-refractivity contribution in [2.75, 3.05) is 0 Å². The molecule has 0 saturated carbocycles. The van der Waals surface area contributed by atoms with Gasteiger partial charge in [-0.2, -0.15) is 13.2 Å². The maximum atomic E-state index is 12.1. The van der Waals surface area contributed by atoms with Crippen LogP contribution in [-0.2, 0) is 4.79 Å². The summed E-state index contributed by atoms with van der Waals surface area (Å²) in [5.41, 5.74) is -1.60. The average molecular weight is 208 g/mol. The number of aliphatic carboxylic acids is 1. The van der Waals surface area contributed by atoms with Gasteiger partial charge in [-0.3, -0.25) is 0 Å². The molecule has 0 aliphatic heterocycles. The van der Waals surface area contributed by atoms with Gasteiger partial charge in [-0.15, -0.1) is 0 Å². The third-order valence-electron chi connectivity index (χ3n) is 1.86. The molecule has 0 unspecified atom stereocenters. The van der Waals surface area contributed by atoms with Gasteiger partial charge in [0.05, 0.1) is 5.57 Å². The Morgan fingerprint density at radius 3 is 2.36 bits per heavy atom. The van der Waals surface area contributed by atoms with Crippen LogP contribution >= 0.6 is 0 Å². The van der Waals surface area contributed by atoms with Crippen LogP contribution in [0.5, 0.6) is 0 Å². The normalized spacial score (nSPS) is 18.1. The zero-order valence-corrected chi connectivity index (χ0v) is 6.93. The summed E-state index contributed by atoms with van der Waals surface area (Å²) in [6, 6.07) is 0. The number of hydrogen-bond donors (Lipinski definition) is 2. The molecule has 0 bridgehead atoms. The molecule has 0 amide bonds. The lowest BCUT2D eigenvalue weighted by atomic mass is 9.97. The van der Waals surface area contributed by atoms with Crippen LogP contribution in [0.2, 0.25) is 0 Å². The number of hydrogen-bond acceptors (Lipinski definition) is 2. The fourth-order valence-electron chi connectivity index (χ4n) is 1.13. The van der Waals surface area contributed by atoms with Crippen molar-refractivity contribution in [3.05, 3.63) is 23.0 Å². The van der Waals surface area contributed by atoms with E-state index >= 15 is 0 Å². The lowest BCUT2D eigenvalue weighted by Crippen LogP contribution is -2.17. The number of alkyl halides is 3. The second-order valence-electron chi connectivity index (χ2n) is 2.83. The molecule has 0 saturated heterocycles. The van der Waals surface area contributed by atoms with Crippen LogP contribution in [-0.4, -0.2) is 22.4 Å². The SMILES string of the molecule is O=C(O)C1=C(O)CCC(C(F)(F)F)=C1. The molecule has 14 heavy (non-hydrogen) atoms. The Bertz CT molecular complexity index is 325. The van der Waals surface area contributed by atoms with Crippen LogP contribution in [0.4, 0.5) is 13.2 Å². The van der Waals surface area contributed by atoms with E-state index in [1.54, 1.807) is 0 Å². The quantitative estimate of drug-likeness (QED) is 0.694. The Morgan fingerprint density at radius 2 is 1.93 bits per heavy atom. The van der Waals surface area contributed by atoms with Gasteiger partial charge in [-0.05, 0) is 12.5 Å². The van der Waals surface area contributed by atoms with E-state index in [2.05, 4.69) is 0 Å². The van der Waals surface area contributed by atoms with Crippen molar-refractivity contribution in [3.63, 3.8) is 0 Å². The topological polar surface area (TPSA) is 57.5 Å². The Kier molecular flexibility index (Phi) is 2.55. The van der Waals surface area contributed by atoms with Crippen LogP contribution in [0.3, 0.4) is 0 Å². The molecule has 0 heterocycles. The van der Waals surface area contributed by atoms with E-state index < -0.39 is 29.1 Å². The number of carboxylic acid groups (broad SMARTS) is 1. The second kappa shape index (κ2) is 3.36. The average Bonchev–Trinajstić information content (AvgIpc) is 2.02. The summed E-state index contributed by atoms with van der Waals surface area (Å²) in [5.74, 6) is -2.06. The van der Waals surface area contributed by atoms with Crippen LogP contribution in [0.15, 0.2) is 23.0 Å². The van der Waals surface area contributed by atoms with Crippen molar-refractivity contribution in [2.45, 2.75) is 19.0 Å². The number of halogens is 3. The van der Waals surface area contributed by atoms with Crippen LogP contribution in [0, 0.1) is 0 Å². The summed E-state index contributed by atoms with van der Waals surface area (Å²) in [6.07, 6.45) is -4.72. The summed E-state index contributed by atoms with van der Waals surface area (Å²) >= 11 is 0. The molecule has 0 spiro atoms. The van der Waals surface area contributed by atoms with Gasteiger partial charge in [0, 0.05) is 12.0 Å². The number of aliphatic hydroxyl groups excluding tert-OH is 1. The lowest BCUT2D eigenvalue weighted by molar-refractivity contribution is -0.132. The molecule has 0 fully saturated rings. The largest absolute Gasteiger partial charge is 0.511 e. The fourth-order valence-corrected chi connectivity index (χ4v) is 1.13. The molecule has 1 aliphatic carbocycles. The van der Waals surface area contributed by atoms with E-state index in [-0.39, 0.29) is 12.8 Å². The molecule has 6 heteroatoms. The van der Waals surface area contributed by atoms with Crippen molar-refractivity contribution >= 4 is 5.97 Å². The first-order chi connectivity index (χ1) is 6.32. The predicted molar refractivity (Wildman–Crippen MR) is 40.7 cm³/mol. The van der Waals surface area contributed by atoms with Crippen molar-refractivity contribution in [1.29, 1.82) is 0 Å². The first-order valence-corrected chi connectivity index (χ1v) is 3.75. The minimum Gasteiger partial charge on any atom is -0.511 e. The Labute approximate surface area is 77.2 Å².